The highest BCUT2D eigenvalue weighted by Crippen LogP contribution is 2.25. The highest BCUT2D eigenvalue weighted by atomic mass is 35.5. The maximum Gasteiger partial charge on any atom is 0.303 e. The molecule has 3 nitrogen and oxygen atoms in total. The van der Waals surface area contributed by atoms with Gasteiger partial charge in [0.25, 0.3) is 0 Å². The molecule has 0 aliphatic heterocycles. The summed E-state index contributed by atoms with van der Waals surface area (Å²) in [6, 6.07) is 5.50. The second-order valence-electron chi connectivity index (χ2n) is 3.28. The van der Waals surface area contributed by atoms with Gasteiger partial charge >= 0.3 is 5.97 Å². The quantitative estimate of drug-likeness (QED) is 0.789. The van der Waals surface area contributed by atoms with Crippen LogP contribution < -0.4 is 4.74 Å². The van der Waals surface area contributed by atoms with Gasteiger partial charge in [0.1, 0.15) is 5.75 Å². The highest BCUT2D eigenvalue weighted by Gasteiger charge is 2.02. The number of ether oxygens (including phenoxy) is 1. The van der Waals surface area contributed by atoms with E-state index in [0.29, 0.717) is 23.8 Å². The van der Waals surface area contributed by atoms with Gasteiger partial charge in [-0.2, -0.15) is 0 Å². The molecule has 0 atom stereocenters. The van der Waals surface area contributed by atoms with Gasteiger partial charge in [-0.05, 0) is 31.0 Å². The summed E-state index contributed by atoms with van der Waals surface area (Å²) in [5, 5.41) is 8.98. The van der Waals surface area contributed by atoms with Crippen LogP contribution in [0.5, 0.6) is 5.75 Å². The molecule has 0 unspecified atom stereocenters. The first-order valence-electron chi connectivity index (χ1n) is 4.70. The number of carbonyl (C=O) groups is 1. The fraction of sp³-hybridized carbons (Fsp3) is 0.364. The molecule has 0 heterocycles. The van der Waals surface area contributed by atoms with E-state index in [0.717, 1.165) is 5.56 Å². The normalized spacial score (nSPS) is 10.0. The molecule has 1 N–H and O–H groups in total. The number of benzene rings is 1. The summed E-state index contributed by atoms with van der Waals surface area (Å²) in [4.78, 5) is 10.3. The summed E-state index contributed by atoms with van der Waals surface area (Å²) in [7, 11) is 0. The minimum absolute atomic E-state index is 0.115. The first-order chi connectivity index (χ1) is 7.09. The van der Waals surface area contributed by atoms with Crippen molar-refractivity contribution in [3.63, 3.8) is 0 Å². The van der Waals surface area contributed by atoms with Crippen LogP contribution in [0.1, 0.15) is 18.4 Å². The van der Waals surface area contributed by atoms with Crippen molar-refractivity contribution in [3.05, 3.63) is 28.8 Å². The number of aliphatic carboxylic acids is 1. The zero-order valence-electron chi connectivity index (χ0n) is 8.50. The number of aryl methyl sites for hydroxylation is 1. The summed E-state index contributed by atoms with van der Waals surface area (Å²) in [5.74, 6) is -0.198. The number of hydrogen-bond donors (Lipinski definition) is 1. The van der Waals surface area contributed by atoms with Crippen LogP contribution >= 0.6 is 11.6 Å². The maximum absolute atomic E-state index is 10.3. The molecule has 0 aliphatic rings. The fourth-order valence-corrected chi connectivity index (χ4v) is 1.30. The Morgan fingerprint density at radius 3 is 2.93 bits per heavy atom. The lowest BCUT2D eigenvalue weighted by Gasteiger charge is -2.07. The Labute approximate surface area is 93.6 Å². The molecule has 0 aliphatic carbocycles. The molecule has 0 fully saturated rings. The number of rotatable bonds is 5. The molecule has 0 spiro atoms. The van der Waals surface area contributed by atoms with Crippen LogP contribution in [-0.2, 0) is 4.79 Å². The molecule has 0 aromatic heterocycles. The molecule has 15 heavy (non-hydrogen) atoms. The van der Waals surface area contributed by atoms with Crippen LogP contribution in [0.4, 0.5) is 0 Å². The van der Waals surface area contributed by atoms with Crippen LogP contribution in [0.15, 0.2) is 18.2 Å². The third-order valence-corrected chi connectivity index (χ3v) is 2.19. The van der Waals surface area contributed by atoms with E-state index in [-0.39, 0.29) is 6.42 Å². The Hall–Kier alpha value is -1.22. The molecule has 4 heteroatoms. The van der Waals surface area contributed by atoms with Gasteiger partial charge < -0.3 is 9.84 Å². The van der Waals surface area contributed by atoms with Gasteiger partial charge in [-0.3, -0.25) is 4.79 Å². The second-order valence-corrected chi connectivity index (χ2v) is 3.69. The molecular weight excluding hydrogens is 216 g/mol. The minimum atomic E-state index is -0.811. The molecule has 0 saturated heterocycles. The Balaban J connectivity index is 2.43. The average molecular weight is 229 g/mol. The van der Waals surface area contributed by atoms with Gasteiger partial charge in [0.05, 0.1) is 11.6 Å². The summed E-state index contributed by atoms with van der Waals surface area (Å²) in [6.07, 6.45) is 0.600. The first kappa shape index (κ1) is 11.9. The topological polar surface area (TPSA) is 46.5 Å². The molecule has 1 aromatic carbocycles. The van der Waals surface area contributed by atoms with E-state index >= 15 is 0 Å². The van der Waals surface area contributed by atoms with Gasteiger partial charge in [0.15, 0.2) is 0 Å². The van der Waals surface area contributed by atoms with Crippen molar-refractivity contribution in [2.45, 2.75) is 19.8 Å². The zero-order chi connectivity index (χ0) is 11.3. The number of hydrogen-bond acceptors (Lipinski definition) is 2. The van der Waals surface area contributed by atoms with Gasteiger partial charge in [-0.25, -0.2) is 0 Å². The second kappa shape index (κ2) is 5.61. The van der Waals surface area contributed by atoms with E-state index in [4.69, 9.17) is 21.4 Å². The van der Waals surface area contributed by atoms with Crippen LogP contribution in [0.2, 0.25) is 5.02 Å². The van der Waals surface area contributed by atoms with Crippen molar-refractivity contribution < 1.29 is 14.6 Å². The smallest absolute Gasteiger partial charge is 0.303 e. The predicted molar refractivity (Wildman–Crippen MR) is 58.6 cm³/mol. The van der Waals surface area contributed by atoms with Gasteiger partial charge in [-0.1, -0.05) is 17.7 Å². The Morgan fingerprint density at radius 1 is 1.53 bits per heavy atom. The standard InChI is InChI=1S/C11H13ClO3/c1-8-4-5-9(12)10(7-8)15-6-2-3-11(13)14/h4-5,7H,2-3,6H2,1H3,(H,13,14). The lowest BCUT2D eigenvalue weighted by atomic mass is 10.2. The van der Waals surface area contributed by atoms with E-state index in [1.165, 1.54) is 0 Å². The third-order valence-electron chi connectivity index (χ3n) is 1.88. The predicted octanol–water partition coefficient (Wildman–Crippen LogP) is 2.89. The van der Waals surface area contributed by atoms with Crippen molar-refractivity contribution in [1.82, 2.24) is 0 Å². The van der Waals surface area contributed by atoms with E-state index in [9.17, 15) is 4.79 Å². The van der Waals surface area contributed by atoms with Crippen molar-refractivity contribution in [3.8, 4) is 5.75 Å². The van der Waals surface area contributed by atoms with Crippen LogP contribution in [-0.4, -0.2) is 17.7 Å². The van der Waals surface area contributed by atoms with Gasteiger partial charge in [0.2, 0.25) is 0 Å². The molecule has 0 saturated carbocycles. The Kier molecular flexibility index (Phi) is 4.43. The highest BCUT2D eigenvalue weighted by molar-refractivity contribution is 6.32. The van der Waals surface area contributed by atoms with Gasteiger partial charge in [0, 0.05) is 6.42 Å². The van der Waals surface area contributed by atoms with Crippen molar-refractivity contribution in [2.24, 2.45) is 0 Å². The van der Waals surface area contributed by atoms with E-state index < -0.39 is 5.97 Å². The van der Waals surface area contributed by atoms with E-state index in [1.54, 1.807) is 6.07 Å². The largest absolute Gasteiger partial charge is 0.492 e. The molecule has 82 valence electrons. The third kappa shape index (κ3) is 4.21. The van der Waals surface area contributed by atoms with E-state index in [1.807, 2.05) is 19.1 Å². The summed E-state index contributed by atoms with van der Waals surface area (Å²) in [6.45, 7) is 2.32. The molecule has 0 amide bonds. The molecule has 0 bridgehead atoms. The zero-order valence-corrected chi connectivity index (χ0v) is 9.25. The van der Waals surface area contributed by atoms with Crippen LogP contribution in [0, 0.1) is 6.92 Å². The van der Waals surface area contributed by atoms with E-state index in [2.05, 4.69) is 0 Å². The monoisotopic (exact) mass is 228 g/mol. The average Bonchev–Trinajstić information content (AvgIpc) is 2.17. The Bertz CT molecular complexity index is 350. The van der Waals surface area contributed by atoms with Crippen molar-refractivity contribution in [2.75, 3.05) is 6.61 Å². The summed E-state index contributed by atoms with van der Waals surface area (Å²) < 4.78 is 5.37. The SMILES string of the molecule is Cc1ccc(Cl)c(OCCCC(=O)O)c1. The molecule has 1 aromatic rings. The van der Waals surface area contributed by atoms with Crippen molar-refractivity contribution >= 4 is 17.6 Å². The number of carboxylic acid groups (broad SMARTS) is 1. The lowest BCUT2D eigenvalue weighted by molar-refractivity contribution is -0.137. The van der Waals surface area contributed by atoms with Crippen LogP contribution in [0.3, 0.4) is 0 Å². The number of carboxylic acids is 1. The lowest BCUT2D eigenvalue weighted by Crippen LogP contribution is -2.02. The fourth-order valence-electron chi connectivity index (χ4n) is 1.13. The van der Waals surface area contributed by atoms with Crippen molar-refractivity contribution in [1.29, 1.82) is 0 Å². The summed E-state index contributed by atoms with van der Waals surface area (Å²) in [5.41, 5.74) is 1.06. The number of halogens is 1. The molecule has 0 radical (unpaired) electrons. The maximum atomic E-state index is 10.3. The first-order valence-corrected chi connectivity index (χ1v) is 5.08. The van der Waals surface area contributed by atoms with Crippen LogP contribution in [0.25, 0.3) is 0 Å². The molecular formula is C11H13ClO3. The van der Waals surface area contributed by atoms with Gasteiger partial charge in [-0.15, -0.1) is 0 Å². The Morgan fingerprint density at radius 2 is 2.27 bits per heavy atom. The summed E-state index contributed by atoms with van der Waals surface area (Å²) >= 11 is 5.90. The minimum Gasteiger partial charge on any atom is -0.492 e. The molecule has 1 rings (SSSR count).